The van der Waals surface area contributed by atoms with Gasteiger partial charge >= 0.3 is 6.03 Å². The second kappa shape index (κ2) is 8.98. The molecule has 5 nitrogen and oxygen atoms in total. The number of nitrogens with zero attached hydrogens (tertiary/aromatic N) is 2. The van der Waals surface area contributed by atoms with Gasteiger partial charge in [-0.3, -0.25) is 0 Å². The summed E-state index contributed by atoms with van der Waals surface area (Å²) in [5.74, 6) is 0. The van der Waals surface area contributed by atoms with Crippen molar-refractivity contribution in [2.24, 2.45) is 0 Å². The number of rotatable bonds is 7. The third kappa shape index (κ3) is 5.44. The van der Waals surface area contributed by atoms with Crippen LogP contribution in [0.25, 0.3) is 0 Å². The van der Waals surface area contributed by atoms with Gasteiger partial charge in [-0.05, 0) is 38.1 Å². The Morgan fingerprint density at radius 2 is 2.00 bits per heavy atom. The van der Waals surface area contributed by atoms with Crippen LogP contribution >= 0.6 is 0 Å². The molecule has 5 heteroatoms. The van der Waals surface area contributed by atoms with E-state index in [0.29, 0.717) is 25.6 Å². The summed E-state index contributed by atoms with van der Waals surface area (Å²) in [5.41, 5.74) is 1.95. The Balaban J connectivity index is 2.62. The van der Waals surface area contributed by atoms with E-state index < -0.39 is 0 Å². The first-order chi connectivity index (χ1) is 10.1. The largest absolute Gasteiger partial charge is 0.324 e. The second-order valence-electron chi connectivity index (χ2n) is 4.82. The first-order valence-corrected chi connectivity index (χ1v) is 7.38. The molecule has 114 valence electrons. The van der Waals surface area contributed by atoms with Gasteiger partial charge in [0.1, 0.15) is 0 Å². The molecule has 0 saturated heterocycles. The Morgan fingerprint density at radius 3 is 2.52 bits per heavy atom. The molecule has 1 aromatic carbocycles. The molecule has 1 aromatic rings. The van der Waals surface area contributed by atoms with Crippen molar-refractivity contribution in [1.29, 1.82) is 5.26 Å². The summed E-state index contributed by atoms with van der Waals surface area (Å²) < 4.78 is 0. The summed E-state index contributed by atoms with van der Waals surface area (Å²) in [7, 11) is 0. The van der Waals surface area contributed by atoms with Gasteiger partial charge in [-0.1, -0.05) is 19.1 Å². The quantitative estimate of drug-likeness (QED) is 0.810. The highest BCUT2D eigenvalue weighted by Crippen LogP contribution is 2.16. The Morgan fingerprint density at radius 1 is 1.33 bits per heavy atom. The molecular formula is C16H24N4O. The smallest absolute Gasteiger partial charge is 0.321 e. The Bertz CT molecular complexity index is 478. The molecule has 0 aliphatic heterocycles. The fourth-order valence-corrected chi connectivity index (χ4v) is 2.07. The van der Waals surface area contributed by atoms with Crippen molar-refractivity contribution >= 4 is 11.7 Å². The fraction of sp³-hybridized carbons (Fsp3) is 0.500. The highest BCUT2D eigenvalue weighted by atomic mass is 16.2. The van der Waals surface area contributed by atoms with Crippen molar-refractivity contribution in [1.82, 2.24) is 10.2 Å². The highest BCUT2D eigenvalue weighted by Gasteiger charge is 2.11. The minimum atomic E-state index is -0.166. The summed E-state index contributed by atoms with van der Waals surface area (Å²) in [5, 5.41) is 14.8. The first kappa shape index (κ1) is 17.0. The van der Waals surface area contributed by atoms with Crippen molar-refractivity contribution in [3.05, 3.63) is 29.8 Å². The number of nitrogens with one attached hydrogen (secondary N) is 2. The molecule has 21 heavy (non-hydrogen) atoms. The lowest BCUT2D eigenvalue weighted by Gasteiger charge is -2.20. The maximum atomic E-state index is 12.1. The molecule has 0 aliphatic carbocycles. The molecule has 1 atom stereocenters. The van der Waals surface area contributed by atoms with Crippen molar-refractivity contribution in [3.63, 3.8) is 0 Å². The molecule has 1 unspecified atom stereocenters. The minimum Gasteiger partial charge on any atom is -0.324 e. The van der Waals surface area contributed by atoms with E-state index in [4.69, 9.17) is 5.26 Å². The van der Waals surface area contributed by atoms with E-state index in [1.54, 1.807) is 4.90 Å². The number of anilines is 1. The van der Waals surface area contributed by atoms with Gasteiger partial charge in [-0.25, -0.2) is 4.79 Å². The van der Waals surface area contributed by atoms with E-state index in [0.717, 1.165) is 12.2 Å². The van der Waals surface area contributed by atoms with E-state index >= 15 is 0 Å². The molecule has 0 aliphatic rings. The molecule has 0 heterocycles. The van der Waals surface area contributed by atoms with Crippen molar-refractivity contribution in [2.45, 2.75) is 33.2 Å². The van der Waals surface area contributed by atoms with Crippen LogP contribution in [-0.4, -0.2) is 30.6 Å². The fourth-order valence-electron chi connectivity index (χ4n) is 2.07. The summed E-state index contributed by atoms with van der Waals surface area (Å²) in [4.78, 5) is 13.7. The number of amides is 2. The summed E-state index contributed by atoms with van der Waals surface area (Å²) in [6, 6.07) is 10.0. The van der Waals surface area contributed by atoms with Crippen LogP contribution in [0.3, 0.4) is 0 Å². The molecule has 0 fully saturated rings. The van der Waals surface area contributed by atoms with Gasteiger partial charge in [0.25, 0.3) is 0 Å². The average molecular weight is 288 g/mol. The van der Waals surface area contributed by atoms with Gasteiger partial charge in [0.05, 0.1) is 12.5 Å². The van der Waals surface area contributed by atoms with Crippen LogP contribution in [-0.2, 0) is 0 Å². The van der Waals surface area contributed by atoms with Crippen molar-refractivity contribution in [2.75, 3.05) is 25.0 Å². The summed E-state index contributed by atoms with van der Waals surface area (Å²) in [6.45, 7) is 8.04. The zero-order valence-corrected chi connectivity index (χ0v) is 13.0. The Kier molecular flexibility index (Phi) is 7.27. The van der Waals surface area contributed by atoms with Crippen LogP contribution in [0.1, 0.15) is 38.8 Å². The zero-order valence-electron chi connectivity index (χ0n) is 13.0. The van der Waals surface area contributed by atoms with Gasteiger partial charge in [-0.15, -0.1) is 0 Å². The van der Waals surface area contributed by atoms with E-state index in [9.17, 15) is 4.79 Å². The SMILES string of the molecule is CCNC(C)c1ccc(NC(=O)N(CC)CCC#N)cc1. The predicted molar refractivity (Wildman–Crippen MR) is 85.0 cm³/mol. The topological polar surface area (TPSA) is 68.2 Å². The van der Waals surface area contributed by atoms with E-state index in [1.165, 1.54) is 5.56 Å². The number of urea groups is 1. The second-order valence-corrected chi connectivity index (χ2v) is 4.82. The number of carbonyl (C=O) groups excluding carboxylic acids is 1. The minimum absolute atomic E-state index is 0.166. The summed E-state index contributed by atoms with van der Waals surface area (Å²) >= 11 is 0. The molecule has 0 bridgehead atoms. The van der Waals surface area contributed by atoms with Crippen molar-refractivity contribution in [3.8, 4) is 6.07 Å². The van der Waals surface area contributed by atoms with Gasteiger partial charge in [-0.2, -0.15) is 5.26 Å². The number of benzene rings is 1. The van der Waals surface area contributed by atoms with E-state index in [-0.39, 0.29) is 6.03 Å². The van der Waals surface area contributed by atoms with E-state index in [1.807, 2.05) is 31.2 Å². The van der Waals surface area contributed by atoms with Gasteiger partial charge < -0.3 is 15.5 Å². The van der Waals surface area contributed by atoms with Crippen LogP contribution in [0.15, 0.2) is 24.3 Å². The van der Waals surface area contributed by atoms with Crippen LogP contribution in [0.2, 0.25) is 0 Å². The van der Waals surface area contributed by atoms with Crippen LogP contribution in [0, 0.1) is 11.3 Å². The maximum absolute atomic E-state index is 12.1. The molecule has 0 spiro atoms. The van der Waals surface area contributed by atoms with Crippen LogP contribution in [0.5, 0.6) is 0 Å². The van der Waals surface area contributed by atoms with Gasteiger partial charge in [0.15, 0.2) is 0 Å². The van der Waals surface area contributed by atoms with Crippen molar-refractivity contribution < 1.29 is 4.79 Å². The molecular weight excluding hydrogens is 264 g/mol. The summed E-state index contributed by atoms with van der Waals surface area (Å²) in [6.07, 6.45) is 0.348. The maximum Gasteiger partial charge on any atom is 0.321 e. The number of hydrogen-bond acceptors (Lipinski definition) is 3. The first-order valence-electron chi connectivity index (χ1n) is 7.38. The Hall–Kier alpha value is -2.06. The Labute approximate surface area is 126 Å². The lowest BCUT2D eigenvalue weighted by Crippen LogP contribution is -2.35. The lowest BCUT2D eigenvalue weighted by atomic mass is 10.1. The molecule has 0 radical (unpaired) electrons. The number of hydrogen-bond donors (Lipinski definition) is 2. The zero-order chi connectivity index (χ0) is 15.7. The van der Waals surface area contributed by atoms with Gasteiger partial charge in [0, 0.05) is 24.8 Å². The number of carbonyl (C=O) groups is 1. The van der Waals surface area contributed by atoms with E-state index in [2.05, 4.69) is 30.6 Å². The van der Waals surface area contributed by atoms with Crippen LogP contribution in [0.4, 0.5) is 10.5 Å². The molecule has 1 rings (SSSR count). The third-order valence-electron chi connectivity index (χ3n) is 3.33. The predicted octanol–water partition coefficient (Wildman–Crippen LogP) is 3.12. The monoisotopic (exact) mass is 288 g/mol. The molecule has 2 amide bonds. The normalized spacial score (nSPS) is 11.5. The van der Waals surface area contributed by atoms with Crippen LogP contribution < -0.4 is 10.6 Å². The average Bonchev–Trinajstić information content (AvgIpc) is 2.49. The number of nitriles is 1. The third-order valence-corrected chi connectivity index (χ3v) is 3.33. The standard InChI is InChI=1S/C16H24N4O/c1-4-18-13(3)14-7-9-15(10-8-14)19-16(21)20(5-2)12-6-11-17/h7-10,13,18H,4-6,12H2,1-3H3,(H,19,21). The molecule has 0 saturated carbocycles. The highest BCUT2D eigenvalue weighted by molar-refractivity contribution is 5.89. The lowest BCUT2D eigenvalue weighted by molar-refractivity contribution is 0.215. The van der Waals surface area contributed by atoms with Gasteiger partial charge in [0.2, 0.25) is 0 Å². The molecule has 2 N–H and O–H groups in total. The molecule has 0 aromatic heterocycles.